The second kappa shape index (κ2) is 2.26. The van der Waals surface area contributed by atoms with E-state index in [1.54, 1.807) is 6.20 Å². The summed E-state index contributed by atoms with van der Waals surface area (Å²) in [4.78, 5) is 0. The molecule has 0 saturated carbocycles. The fourth-order valence-electron chi connectivity index (χ4n) is 1.43. The summed E-state index contributed by atoms with van der Waals surface area (Å²) in [5.41, 5.74) is 2.64. The van der Waals surface area contributed by atoms with E-state index in [-0.39, 0.29) is 0 Å². The van der Waals surface area contributed by atoms with Gasteiger partial charge >= 0.3 is 0 Å². The molecule has 2 aromatic heterocycles. The summed E-state index contributed by atoms with van der Waals surface area (Å²) in [5.74, 6) is 0. The SMILES string of the molecule is c1ccc2c(c1)nnc1cn[nH]c12. The van der Waals surface area contributed by atoms with Crippen LogP contribution < -0.4 is 0 Å². The lowest BCUT2D eigenvalue weighted by atomic mass is 10.2. The molecule has 4 heteroatoms. The van der Waals surface area contributed by atoms with Gasteiger partial charge in [-0.3, -0.25) is 5.10 Å². The van der Waals surface area contributed by atoms with Crippen molar-refractivity contribution in [2.75, 3.05) is 0 Å². The van der Waals surface area contributed by atoms with Crippen LogP contribution in [-0.4, -0.2) is 20.4 Å². The van der Waals surface area contributed by atoms with Gasteiger partial charge in [-0.2, -0.15) is 5.10 Å². The molecule has 0 saturated heterocycles. The van der Waals surface area contributed by atoms with Crippen LogP contribution in [0, 0.1) is 0 Å². The first-order valence-corrected chi connectivity index (χ1v) is 4.00. The zero-order chi connectivity index (χ0) is 8.67. The van der Waals surface area contributed by atoms with Crippen molar-refractivity contribution < 1.29 is 0 Å². The van der Waals surface area contributed by atoms with E-state index in [2.05, 4.69) is 20.4 Å². The van der Waals surface area contributed by atoms with E-state index < -0.39 is 0 Å². The Kier molecular flexibility index (Phi) is 1.14. The summed E-state index contributed by atoms with van der Waals surface area (Å²) in [7, 11) is 0. The second-order valence-electron chi connectivity index (χ2n) is 2.85. The molecule has 0 aliphatic carbocycles. The highest BCUT2D eigenvalue weighted by Crippen LogP contribution is 2.18. The van der Waals surface area contributed by atoms with E-state index in [1.807, 2.05) is 24.3 Å². The maximum Gasteiger partial charge on any atom is 0.131 e. The van der Waals surface area contributed by atoms with Crippen LogP contribution in [0.15, 0.2) is 30.5 Å². The lowest BCUT2D eigenvalue weighted by Crippen LogP contribution is -1.84. The molecule has 3 rings (SSSR count). The number of hydrogen-bond donors (Lipinski definition) is 1. The first kappa shape index (κ1) is 6.54. The van der Waals surface area contributed by atoms with Gasteiger partial charge in [-0.1, -0.05) is 18.2 Å². The average molecular weight is 170 g/mol. The molecule has 1 N–H and O–H groups in total. The number of fused-ring (bicyclic) bond motifs is 3. The second-order valence-corrected chi connectivity index (χ2v) is 2.85. The molecule has 0 amide bonds. The fourth-order valence-corrected chi connectivity index (χ4v) is 1.43. The van der Waals surface area contributed by atoms with E-state index >= 15 is 0 Å². The zero-order valence-electron chi connectivity index (χ0n) is 6.73. The van der Waals surface area contributed by atoms with Gasteiger partial charge < -0.3 is 0 Å². The van der Waals surface area contributed by atoms with Crippen molar-refractivity contribution in [2.24, 2.45) is 0 Å². The molecule has 62 valence electrons. The van der Waals surface area contributed by atoms with Crippen molar-refractivity contribution in [3.8, 4) is 0 Å². The average Bonchev–Trinajstić information content (AvgIpc) is 2.65. The Hall–Kier alpha value is -1.97. The Bertz CT molecular complexity index is 570. The molecule has 0 radical (unpaired) electrons. The Morgan fingerprint density at radius 1 is 1.00 bits per heavy atom. The largest absolute Gasteiger partial charge is 0.275 e. The Morgan fingerprint density at radius 3 is 2.85 bits per heavy atom. The van der Waals surface area contributed by atoms with Gasteiger partial charge in [0, 0.05) is 5.39 Å². The van der Waals surface area contributed by atoms with Crippen LogP contribution >= 0.6 is 0 Å². The van der Waals surface area contributed by atoms with Crippen LogP contribution in [0.2, 0.25) is 0 Å². The van der Waals surface area contributed by atoms with Gasteiger partial charge in [0.1, 0.15) is 5.52 Å². The molecular formula is C9H6N4. The number of benzene rings is 1. The van der Waals surface area contributed by atoms with Crippen LogP contribution in [0.5, 0.6) is 0 Å². The van der Waals surface area contributed by atoms with Crippen molar-refractivity contribution in [1.29, 1.82) is 0 Å². The summed E-state index contributed by atoms with van der Waals surface area (Å²) < 4.78 is 0. The predicted octanol–water partition coefficient (Wildman–Crippen LogP) is 1.51. The standard InChI is InChI=1S/C9H6N4/c1-2-4-7-6(3-1)9-8(12-11-7)5-10-13-9/h1-5H,(H,10,13). The van der Waals surface area contributed by atoms with E-state index in [0.29, 0.717) is 0 Å². The van der Waals surface area contributed by atoms with Crippen molar-refractivity contribution in [3.05, 3.63) is 30.5 Å². The van der Waals surface area contributed by atoms with Gasteiger partial charge in [-0.05, 0) is 6.07 Å². The number of aromatic amines is 1. The fraction of sp³-hybridized carbons (Fsp3) is 0. The maximum atomic E-state index is 4.07. The van der Waals surface area contributed by atoms with Crippen LogP contribution in [0.4, 0.5) is 0 Å². The minimum absolute atomic E-state index is 0.804. The number of nitrogens with zero attached hydrogens (tertiary/aromatic N) is 3. The van der Waals surface area contributed by atoms with Crippen LogP contribution in [0.3, 0.4) is 0 Å². The molecule has 2 heterocycles. The number of H-pyrrole nitrogens is 1. The van der Waals surface area contributed by atoms with Crippen LogP contribution in [-0.2, 0) is 0 Å². The monoisotopic (exact) mass is 170 g/mol. The van der Waals surface area contributed by atoms with Crippen LogP contribution in [0.25, 0.3) is 21.9 Å². The van der Waals surface area contributed by atoms with E-state index in [4.69, 9.17) is 0 Å². The minimum atomic E-state index is 0.804. The third kappa shape index (κ3) is 0.823. The highest BCUT2D eigenvalue weighted by molar-refractivity contribution is 6.00. The van der Waals surface area contributed by atoms with Gasteiger partial charge in [-0.15, -0.1) is 10.2 Å². The summed E-state index contributed by atoms with van der Waals surface area (Å²) in [6.07, 6.45) is 1.68. The van der Waals surface area contributed by atoms with E-state index in [9.17, 15) is 0 Å². The lowest BCUT2D eigenvalue weighted by molar-refractivity contribution is 1.12. The van der Waals surface area contributed by atoms with Gasteiger partial charge in [0.15, 0.2) is 0 Å². The minimum Gasteiger partial charge on any atom is -0.275 e. The third-order valence-corrected chi connectivity index (χ3v) is 2.06. The molecule has 0 spiro atoms. The van der Waals surface area contributed by atoms with Gasteiger partial charge in [-0.25, -0.2) is 0 Å². The quantitative estimate of drug-likeness (QED) is 0.556. The molecule has 0 aliphatic heterocycles. The maximum absolute atomic E-state index is 4.07. The Balaban J connectivity index is 2.65. The molecule has 3 aromatic rings. The molecule has 0 unspecified atom stereocenters. The first-order chi connectivity index (χ1) is 6.45. The number of aromatic nitrogens is 4. The highest BCUT2D eigenvalue weighted by Gasteiger charge is 2.02. The number of nitrogens with one attached hydrogen (secondary N) is 1. The first-order valence-electron chi connectivity index (χ1n) is 4.00. The highest BCUT2D eigenvalue weighted by atomic mass is 15.2. The van der Waals surface area contributed by atoms with E-state index in [0.717, 1.165) is 21.9 Å². The summed E-state index contributed by atoms with van der Waals surface area (Å²) in [5, 5.41) is 16.0. The van der Waals surface area contributed by atoms with Gasteiger partial charge in [0.05, 0.1) is 17.2 Å². The van der Waals surface area contributed by atoms with E-state index in [1.165, 1.54) is 0 Å². The number of rotatable bonds is 0. The van der Waals surface area contributed by atoms with Crippen molar-refractivity contribution in [1.82, 2.24) is 20.4 Å². The molecule has 0 aliphatic rings. The molecule has 1 aromatic carbocycles. The zero-order valence-corrected chi connectivity index (χ0v) is 6.73. The van der Waals surface area contributed by atoms with Crippen molar-refractivity contribution >= 4 is 21.9 Å². The Labute approximate surface area is 73.6 Å². The number of hydrogen-bond acceptors (Lipinski definition) is 3. The lowest BCUT2D eigenvalue weighted by Gasteiger charge is -1.94. The van der Waals surface area contributed by atoms with Crippen molar-refractivity contribution in [2.45, 2.75) is 0 Å². The van der Waals surface area contributed by atoms with Crippen LogP contribution in [0.1, 0.15) is 0 Å². The van der Waals surface area contributed by atoms with Gasteiger partial charge in [0.2, 0.25) is 0 Å². The smallest absolute Gasteiger partial charge is 0.131 e. The molecule has 13 heavy (non-hydrogen) atoms. The summed E-state index contributed by atoms with van der Waals surface area (Å²) in [6, 6.07) is 7.86. The van der Waals surface area contributed by atoms with Crippen molar-refractivity contribution in [3.63, 3.8) is 0 Å². The third-order valence-electron chi connectivity index (χ3n) is 2.06. The molecule has 0 bridgehead atoms. The molecule has 0 fully saturated rings. The van der Waals surface area contributed by atoms with Gasteiger partial charge in [0.25, 0.3) is 0 Å². The predicted molar refractivity (Wildman–Crippen MR) is 49.2 cm³/mol. The molecular weight excluding hydrogens is 164 g/mol. The normalized spacial score (nSPS) is 11.1. The topological polar surface area (TPSA) is 54.5 Å². The summed E-state index contributed by atoms with van der Waals surface area (Å²) >= 11 is 0. The Morgan fingerprint density at radius 2 is 1.85 bits per heavy atom. The molecule has 0 atom stereocenters. The summed E-state index contributed by atoms with van der Waals surface area (Å²) in [6.45, 7) is 0. The molecule has 4 nitrogen and oxygen atoms in total.